The largest absolute Gasteiger partial charge is 0.348 e. The normalized spacial score (nSPS) is 16.0. The van der Waals surface area contributed by atoms with Gasteiger partial charge in [-0.3, -0.25) is 4.79 Å². The highest BCUT2D eigenvalue weighted by molar-refractivity contribution is 5.93. The van der Waals surface area contributed by atoms with Gasteiger partial charge < -0.3 is 15.5 Å². The summed E-state index contributed by atoms with van der Waals surface area (Å²) in [6.07, 6.45) is 2.81. The molecule has 2 N–H and O–H groups in total. The van der Waals surface area contributed by atoms with E-state index in [2.05, 4.69) is 20.9 Å². The van der Waals surface area contributed by atoms with Gasteiger partial charge in [0.15, 0.2) is 5.69 Å². The fraction of sp³-hybridized carbons (Fsp3) is 0.474. The van der Waals surface area contributed by atoms with E-state index in [4.69, 9.17) is 0 Å². The van der Waals surface area contributed by atoms with Gasteiger partial charge in [0.1, 0.15) is 0 Å². The lowest BCUT2D eigenvalue weighted by Gasteiger charge is -2.30. The van der Waals surface area contributed by atoms with E-state index in [1.54, 1.807) is 4.68 Å². The van der Waals surface area contributed by atoms with Gasteiger partial charge in [0.05, 0.1) is 11.4 Å². The Hall–Kier alpha value is -2.90. The van der Waals surface area contributed by atoms with E-state index in [-0.39, 0.29) is 18.0 Å². The van der Waals surface area contributed by atoms with Gasteiger partial charge in [-0.2, -0.15) is 0 Å². The van der Waals surface area contributed by atoms with Gasteiger partial charge in [-0.05, 0) is 50.3 Å². The molecule has 3 amide bonds. The van der Waals surface area contributed by atoms with Crippen LogP contribution in [-0.2, 0) is 13.0 Å². The lowest BCUT2D eigenvalue weighted by atomic mass is 9.98. The van der Waals surface area contributed by atoms with E-state index in [9.17, 15) is 9.59 Å². The minimum atomic E-state index is -0.159. The van der Waals surface area contributed by atoms with Crippen LogP contribution in [0, 0.1) is 6.92 Å². The number of carbonyl (C=O) groups excluding carboxylic acids is 2. The molecular formula is C19H24N6O2. The number of benzene rings is 1. The first-order valence-electron chi connectivity index (χ1n) is 9.45. The Balaban J connectivity index is 1.61. The van der Waals surface area contributed by atoms with E-state index >= 15 is 0 Å². The SMILES string of the molecule is CCNC(=O)N1CCc2c(cccc2-n2nnc(C(=O)NC3CC3)c2C)C1. The summed E-state index contributed by atoms with van der Waals surface area (Å²) in [6, 6.07) is 6.24. The van der Waals surface area contributed by atoms with E-state index < -0.39 is 0 Å². The van der Waals surface area contributed by atoms with Crippen LogP contribution in [-0.4, -0.2) is 51.0 Å². The minimum Gasteiger partial charge on any atom is -0.348 e. The van der Waals surface area contributed by atoms with Gasteiger partial charge in [-0.1, -0.05) is 17.3 Å². The Morgan fingerprint density at radius 1 is 1.30 bits per heavy atom. The molecule has 1 fully saturated rings. The second-order valence-corrected chi connectivity index (χ2v) is 7.10. The van der Waals surface area contributed by atoms with Gasteiger partial charge in [0.2, 0.25) is 0 Å². The van der Waals surface area contributed by atoms with Crippen molar-refractivity contribution in [1.82, 2.24) is 30.5 Å². The molecule has 0 unspecified atom stereocenters. The van der Waals surface area contributed by atoms with Crippen molar-refractivity contribution in [2.75, 3.05) is 13.1 Å². The number of hydrogen-bond acceptors (Lipinski definition) is 4. The summed E-state index contributed by atoms with van der Waals surface area (Å²) in [7, 11) is 0. The third-order valence-corrected chi connectivity index (χ3v) is 5.11. The molecule has 0 saturated heterocycles. The molecule has 1 aromatic heterocycles. The average Bonchev–Trinajstić information content (AvgIpc) is 3.40. The second-order valence-electron chi connectivity index (χ2n) is 7.10. The molecule has 0 atom stereocenters. The zero-order valence-corrected chi connectivity index (χ0v) is 15.7. The van der Waals surface area contributed by atoms with Crippen LogP contribution in [0.15, 0.2) is 18.2 Å². The summed E-state index contributed by atoms with van der Waals surface area (Å²) in [5.41, 5.74) is 4.29. The highest BCUT2D eigenvalue weighted by atomic mass is 16.2. The third-order valence-electron chi connectivity index (χ3n) is 5.11. The van der Waals surface area contributed by atoms with E-state index in [0.717, 1.165) is 41.8 Å². The highest BCUT2D eigenvalue weighted by Crippen LogP contribution is 2.26. The molecule has 27 heavy (non-hydrogen) atoms. The summed E-state index contributed by atoms with van der Waals surface area (Å²) in [5, 5.41) is 14.2. The van der Waals surface area contributed by atoms with Crippen molar-refractivity contribution in [2.24, 2.45) is 0 Å². The Morgan fingerprint density at radius 2 is 2.11 bits per heavy atom. The minimum absolute atomic E-state index is 0.0375. The van der Waals surface area contributed by atoms with E-state index in [1.807, 2.05) is 36.9 Å². The van der Waals surface area contributed by atoms with Gasteiger partial charge >= 0.3 is 6.03 Å². The molecule has 8 nitrogen and oxygen atoms in total. The molecule has 0 spiro atoms. The maximum atomic E-state index is 12.4. The van der Waals surface area contributed by atoms with Crippen LogP contribution in [0.3, 0.4) is 0 Å². The maximum absolute atomic E-state index is 12.4. The molecular weight excluding hydrogens is 344 g/mol. The average molecular weight is 368 g/mol. The molecule has 1 aliphatic heterocycles. The Bertz CT molecular complexity index is 886. The standard InChI is InChI=1S/C19H24N6O2/c1-3-20-19(27)24-10-9-15-13(11-24)5-4-6-16(15)25-12(2)17(22-23-25)18(26)21-14-7-8-14/h4-6,14H,3,7-11H2,1-2H3,(H,20,27)(H,21,26). The van der Waals surface area contributed by atoms with Crippen LogP contribution < -0.4 is 10.6 Å². The summed E-state index contributed by atoms with van der Waals surface area (Å²) < 4.78 is 1.74. The van der Waals surface area contributed by atoms with Crippen LogP contribution >= 0.6 is 0 Å². The number of nitrogens with one attached hydrogen (secondary N) is 2. The summed E-state index contributed by atoms with van der Waals surface area (Å²) in [5.74, 6) is -0.159. The number of fused-ring (bicyclic) bond motifs is 1. The Labute approximate surface area is 157 Å². The van der Waals surface area contributed by atoms with Crippen LogP contribution in [0.2, 0.25) is 0 Å². The highest BCUT2D eigenvalue weighted by Gasteiger charge is 2.28. The number of rotatable bonds is 4. The van der Waals surface area contributed by atoms with Crippen LogP contribution in [0.4, 0.5) is 4.79 Å². The van der Waals surface area contributed by atoms with Gasteiger partial charge in [-0.25, -0.2) is 9.48 Å². The number of amides is 3. The molecule has 1 aromatic carbocycles. The maximum Gasteiger partial charge on any atom is 0.317 e. The Morgan fingerprint density at radius 3 is 2.85 bits per heavy atom. The number of aromatic nitrogens is 3. The fourth-order valence-corrected chi connectivity index (χ4v) is 3.47. The molecule has 2 heterocycles. The molecule has 0 bridgehead atoms. The summed E-state index contributed by atoms with van der Waals surface area (Å²) >= 11 is 0. The van der Waals surface area contributed by atoms with Crippen molar-refractivity contribution >= 4 is 11.9 Å². The van der Waals surface area contributed by atoms with Crippen LogP contribution in [0.25, 0.3) is 5.69 Å². The first kappa shape index (κ1) is 17.5. The molecule has 8 heteroatoms. The number of urea groups is 1. The zero-order chi connectivity index (χ0) is 19.0. The topological polar surface area (TPSA) is 92.2 Å². The number of carbonyl (C=O) groups is 2. The Kier molecular flexibility index (Phi) is 4.55. The lowest BCUT2D eigenvalue weighted by Crippen LogP contribution is -2.42. The molecule has 1 aliphatic carbocycles. The van der Waals surface area contributed by atoms with Crippen molar-refractivity contribution in [1.29, 1.82) is 0 Å². The lowest BCUT2D eigenvalue weighted by molar-refractivity contribution is 0.0945. The smallest absolute Gasteiger partial charge is 0.317 e. The first-order chi connectivity index (χ1) is 13.1. The first-order valence-corrected chi connectivity index (χ1v) is 9.45. The van der Waals surface area contributed by atoms with Crippen molar-refractivity contribution in [3.05, 3.63) is 40.7 Å². The monoisotopic (exact) mass is 368 g/mol. The summed E-state index contributed by atoms with van der Waals surface area (Å²) in [4.78, 5) is 26.3. The van der Waals surface area contributed by atoms with Gasteiger partial charge in [0.25, 0.3) is 5.91 Å². The zero-order valence-electron chi connectivity index (χ0n) is 15.7. The van der Waals surface area contributed by atoms with Crippen LogP contribution in [0.1, 0.15) is 47.1 Å². The summed E-state index contributed by atoms with van der Waals surface area (Å²) in [6.45, 7) is 5.62. The third kappa shape index (κ3) is 3.39. The van der Waals surface area contributed by atoms with Crippen molar-refractivity contribution in [3.8, 4) is 5.69 Å². The molecule has 2 aromatic rings. The number of hydrogen-bond donors (Lipinski definition) is 2. The van der Waals surface area contributed by atoms with Crippen molar-refractivity contribution in [2.45, 2.75) is 45.7 Å². The molecule has 0 radical (unpaired) electrons. The molecule has 4 rings (SSSR count). The van der Waals surface area contributed by atoms with Crippen LogP contribution in [0.5, 0.6) is 0 Å². The predicted molar refractivity (Wildman–Crippen MR) is 99.8 cm³/mol. The fourth-order valence-electron chi connectivity index (χ4n) is 3.47. The predicted octanol–water partition coefficient (Wildman–Crippen LogP) is 1.56. The van der Waals surface area contributed by atoms with E-state index in [0.29, 0.717) is 25.3 Å². The van der Waals surface area contributed by atoms with Gasteiger partial charge in [0, 0.05) is 25.7 Å². The molecule has 142 valence electrons. The van der Waals surface area contributed by atoms with Crippen molar-refractivity contribution < 1.29 is 9.59 Å². The number of nitrogens with zero attached hydrogens (tertiary/aromatic N) is 4. The second kappa shape index (κ2) is 7.02. The van der Waals surface area contributed by atoms with Crippen molar-refractivity contribution in [3.63, 3.8) is 0 Å². The van der Waals surface area contributed by atoms with E-state index in [1.165, 1.54) is 0 Å². The van der Waals surface area contributed by atoms with Gasteiger partial charge in [-0.15, -0.1) is 5.10 Å². The quantitative estimate of drug-likeness (QED) is 0.857. The molecule has 2 aliphatic rings. The molecule has 1 saturated carbocycles.